The lowest BCUT2D eigenvalue weighted by Crippen LogP contribution is -2.48. The first-order valence-corrected chi connectivity index (χ1v) is 8.24. The summed E-state index contributed by atoms with van der Waals surface area (Å²) in [6, 6.07) is 8.37. The second kappa shape index (κ2) is 7.02. The number of carbonyl (C=O) groups is 2. The molecular weight excluding hydrogens is 308 g/mol. The fourth-order valence-electron chi connectivity index (χ4n) is 3.60. The van der Waals surface area contributed by atoms with E-state index in [-0.39, 0.29) is 18.4 Å². The average molecular weight is 328 g/mol. The van der Waals surface area contributed by atoms with Crippen LogP contribution in [0.1, 0.15) is 42.9 Å². The predicted octanol–water partition coefficient (Wildman–Crippen LogP) is 2.10. The summed E-state index contributed by atoms with van der Waals surface area (Å²) in [6.07, 6.45) is 2.41. The van der Waals surface area contributed by atoms with E-state index in [2.05, 4.69) is 6.07 Å². The molecule has 2 fully saturated rings. The fraction of sp³-hybridized carbons (Fsp3) is 0.500. The van der Waals surface area contributed by atoms with Crippen LogP contribution in [0.15, 0.2) is 24.3 Å². The molecule has 0 bridgehead atoms. The molecule has 2 aliphatic heterocycles. The second-order valence-corrected chi connectivity index (χ2v) is 6.34. The molecule has 1 amide bonds. The number of likely N-dealkylation sites (tertiary alicyclic amines) is 1. The lowest BCUT2D eigenvalue weighted by molar-refractivity contribution is -0.153. The summed E-state index contributed by atoms with van der Waals surface area (Å²) in [5, 5.41) is 18.6. The van der Waals surface area contributed by atoms with E-state index >= 15 is 0 Å². The standard InChI is InChI=1S/C18H20N2O4/c19-10-12-3-5-13(6-4-12)17-15(18(22)23)7-8-16(21)20(17)11-14-2-1-9-24-14/h3-6,14-15,17H,1-2,7-9,11H2,(H,22,23)/t14-,15-,17-/m1/s1. The van der Waals surface area contributed by atoms with Gasteiger partial charge in [-0.3, -0.25) is 9.59 Å². The van der Waals surface area contributed by atoms with E-state index in [1.54, 1.807) is 29.2 Å². The zero-order valence-corrected chi connectivity index (χ0v) is 13.4. The number of amides is 1. The molecule has 0 unspecified atom stereocenters. The Labute approximate surface area is 140 Å². The van der Waals surface area contributed by atoms with Crippen molar-refractivity contribution in [1.82, 2.24) is 4.90 Å². The third kappa shape index (κ3) is 3.26. The van der Waals surface area contributed by atoms with Crippen molar-refractivity contribution < 1.29 is 19.4 Å². The maximum Gasteiger partial charge on any atom is 0.308 e. The minimum absolute atomic E-state index is 0.0256. The van der Waals surface area contributed by atoms with Crippen LogP contribution in [0.25, 0.3) is 0 Å². The van der Waals surface area contributed by atoms with Crippen LogP contribution in [0.5, 0.6) is 0 Å². The maximum absolute atomic E-state index is 12.5. The molecule has 126 valence electrons. The predicted molar refractivity (Wildman–Crippen MR) is 84.9 cm³/mol. The van der Waals surface area contributed by atoms with Gasteiger partial charge in [0.1, 0.15) is 0 Å². The van der Waals surface area contributed by atoms with E-state index in [1.807, 2.05) is 0 Å². The van der Waals surface area contributed by atoms with Gasteiger partial charge in [-0.25, -0.2) is 0 Å². The van der Waals surface area contributed by atoms with Crippen molar-refractivity contribution in [2.45, 2.75) is 37.8 Å². The number of aliphatic carboxylic acids is 1. The molecule has 6 heteroatoms. The van der Waals surface area contributed by atoms with Crippen molar-refractivity contribution >= 4 is 11.9 Å². The highest BCUT2D eigenvalue weighted by Gasteiger charge is 2.41. The molecule has 2 aliphatic rings. The fourth-order valence-corrected chi connectivity index (χ4v) is 3.60. The molecule has 3 atom stereocenters. The van der Waals surface area contributed by atoms with Crippen LogP contribution in [0.4, 0.5) is 0 Å². The summed E-state index contributed by atoms with van der Waals surface area (Å²) in [5.74, 6) is -1.57. The summed E-state index contributed by atoms with van der Waals surface area (Å²) < 4.78 is 5.64. The van der Waals surface area contributed by atoms with Crippen LogP contribution < -0.4 is 0 Å². The quantitative estimate of drug-likeness (QED) is 0.914. The van der Waals surface area contributed by atoms with Gasteiger partial charge in [0.25, 0.3) is 0 Å². The Hall–Kier alpha value is -2.39. The van der Waals surface area contributed by atoms with Crippen LogP contribution in [-0.4, -0.2) is 41.1 Å². The molecule has 3 rings (SSSR count). The minimum Gasteiger partial charge on any atom is -0.481 e. The Bertz CT molecular complexity index is 659. The number of ether oxygens (including phenoxy) is 1. The second-order valence-electron chi connectivity index (χ2n) is 6.34. The number of carbonyl (C=O) groups excluding carboxylic acids is 1. The van der Waals surface area contributed by atoms with Crippen molar-refractivity contribution in [3.8, 4) is 6.07 Å². The minimum atomic E-state index is -0.894. The summed E-state index contributed by atoms with van der Waals surface area (Å²) >= 11 is 0. The molecule has 0 spiro atoms. The molecule has 6 nitrogen and oxygen atoms in total. The number of carboxylic acids is 1. The first kappa shape index (κ1) is 16.5. The van der Waals surface area contributed by atoms with E-state index in [4.69, 9.17) is 10.00 Å². The normalized spacial score (nSPS) is 27.0. The van der Waals surface area contributed by atoms with E-state index in [0.29, 0.717) is 25.1 Å². The Balaban J connectivity index is 1.92. The van der Waals surface area contributed by atoms with Crippen molar-refractivity contribution in [2.75, 3.05) is 13.2 Å². The van der Waals surface area contributed by atoms with E-state index < -0.39 is 17.9 Å². The molecule has 24 heavy (non-hydrogen) atoms. The highest BCUT2D eigenvalue weighted by atomic mass is 16.5. The van der Waals surface area contributed by atoms with Gasteiger partial charge in [0.2, 0.25) is 5.91 Å². The Morgan fingerprint density at radius 2 is 2.08 bits per heavy atom. The molecule has 1 aromatic carbocycles. The molecule has 1 aromatic rings. The topological polar surface area (TPSA) is 90.6 Å². The van der Waals surface area contributed by atoms with Gasteiger partial charge in [0.15, 0.2) is 0 Å². The van der Waals surface area contributed by atoms with Crippen molar-refractivity contribution in [1.29, 1.82) is 5.26 Å². The van der Waals surface area contributed by atoms with E-state index in [0.717, 1.165) is 18.4 Å². The first-order chi connectivity index (χ1) is 11.6. The van der Waals surface area contributed by atoms with Gasteiger partial charge in [0, 0.05) is 19.6 Å². The number of hydrogen-bond acceptors (Lipinski definition) is 4. The Morgan fingerprint density at radius 1 is 1.33 bits per heavy atom. The van der Waals surface area contributed by atoms with Gasteiger partial charge in [0.05, 0.1) is 29.7 Å². The lowest BCUT2D eigenvalue weighted by Gasteiger charge is -2.40. The van der Waals surface area contributed by atoms with Crippen LogP contribution in [0.2, 0.25) is 0 Å². The Kier molecular flexibility index (Phi) is 4.81. The molecule has 0 aliphatic carbocycles. The van der Waals surface area contributed by atoms with Gasteiger partial charge >= 0.3 is 5.97 Å². The van der Waals surface area contributed by atoms with E-state index in [9.17, 15) is 14.7 Å². The van der Waals surface area contributed by atoms with Gasteiger partial charge in [-0.05, 0) is 37.0 Å². The van der Waals surface area contributed by atoms with Gasteiger partial charge in [-0.15, -0.1) is 0 Å². The average Bonchev–Trinajstić information content (AvgIpc) is 3.09. The third-order valence-corrected chi connectivity index (χ3v) is 4.83. The number of hydrogen-bond donors (Lipinski definition) is 1. The number of benzene rings is 1. The van der Waals surface area contributed by atoms with Crippen molar-refractivity contribution in [2.24, 2.45) is 5.92 Å². The van der Waals surface area contributed by atoms with Crippen molar-refractivity contribution in [3.63, 3.8) is 0 Å². The number of carboxylic acid groups (broad SMARTS) is 1. The number of nitrogens with zero attached hydrogens (tertiary/aromatic N) is 2. The van der Waals surface area contributed by atoms with Crippen LogP contribution in [0.3, 0.4) is 0 Å². The first-order valence-electron chi connectivity index (χ1n) is 8.24. The third-order valence-electron chi connectivity index (χ3n) is 4.83. The SMILES string of the molecule is N#Cc1ccc([C@@H]2[C@H](C(=O)O)CCC(=O)N2C[C@H]2CCCO2)cc1. The van der Waals surface area contributed by atoms with Gasteiger partial charge in [-0.2, -0.15) is 5.26 Å². The molecule has 0 saturated carbocycles. The molecule has 0 radical (unpaired) electrons. The maximum atomic E-state index is 12.5. The monoisotopic (exact) mass is 328 g/mol. The highest BCUT2D eigenvalue weighted by molar-refractivity contribution is 5.81. The summed E-state index contributed by atoms with van der Waals surface area (Å²) in [7, 11) is 0. The van der Waals surface area contributed by atoms with Gasteiger partial charge in [-0.1, -0.05) is 12.1 Å². The number of piperidine rings is 1. The highest BCUT2D eigenvalue weighted by Crippen LogP contribution is 2.37. The lowest BCUT2D eigenvalue weighted by atomic mass is 9.84. The number of rotatable bonds is 4. The van der Waals surface area contributed by atoms with Gasteiger partial charge < -0.3 is 14.7 Å². The zero-order valence-electron chi connectivity index (χ0n) is 13.4. The summed E-state index contributed by atoms with van der Waals surface area (Å²) in [6.45, 7) is 1.11. The van der Waals surface area contributed by atoms with E-state index in [1.165, 1.54) is 0 Å². The zero-order chi connectivity index (χ0) is 17.1. The summed E-state index contributed by atoms with van der Waals surface area (Å²) in [5.41, 5.74) is 1.27. The van der Waals surface area contributed by atoms with Crippen molar-refractivity contribution in [3.05, 3.63) is 35.4 Å². The molecule has 2 saturated heterocycles. The number of nitriles is 1. The Morgan fingerprint density at radius 3 is 2.67 bits per heavy atom. The molecule has 2 heterocycles. The molecular formula is C18H20N2O4. The van der Waals surface area contributed by atoms with Crippen LogP contribution in [-0.2, 0) is 14.3 Å². The molecule has 1 N–H and O–H groups in total. The van der Waals surface area contributed by atoms with Crippen LogP contribution in [0, 0.1) is 17.2 Å². The summed E-state index contributed by atoms with van der Waals surface area (Å²) in [4.78, 5) is 25.9. The largest absolute Gasteiger partial charge is 0.481 e. The smallest absolute Gasteiger partial charge is 0.308 e. The van der Waals surface area contributed by atoms with Crippen LogP contribution >= 0.6 is 0 Å². The molecule has 0 aromatic heterocycles.